The number of rotatable bonds is 4. The van der Waals surface area contributed by atoms with E-state index in [2.05, 4.69) is 15.3 Å². The van der Waals surface area contributed by atoms with E-state index in [0.717, 1.165) is 28.0 Å². The summed E-state index contributed by atoms with van der Waals surface area (Å²) in [6, 6.07) is 13.5. The molecule has 0 saturated heterocycles. The predicted molar refractivity (Wildman–Crippen MR) is 84.3 cm³/mol. The van der Waals surface area contributed by atoms with Gasteiger partial charge in [0.2, 0.25) is 5.88 Å². The molecule has 0 aliphatic heterocycles. The van der Waals surface area contributed by atoms with E-state index in [1.807, 2.05) is 42.5 Å². The normalized spacial score (nSPS) is 10.5. The molecule has 21 heavy (non-hydrogen) atoms. The molecule has 3 aromatic rings. The zero-order valence-corrected chi connectivity index (χ0v) is 11.7. The van der Waals surface area contributed by atoms with Crippen molar-refractivity contribution >= 4 is 22.4 Å². The first kappa shape index (κ1) is 13.2. The van der Waals surface area contributed by atoms with Crippen molar-refractivity contribution in [1.29, 1.82) is 0 Å². The molecule has 0 aliphatic rings. The third-order valence-electron chi connectivity index (χ3n) is 3.20. The van der Waals surface area contributed by atoms with Crippen LogP contribution in [0.25, 0.3) is 10.9 Å². The molecule has 0 unspecified atom stereocenters. The minimum atomic E-state index is 0.608. The molecule has 2 aromatic heterocycles. The topological polar surface area (TPSA) is 73.1 Å². The fraction of sp³-hybridized carbons (Fsp3) is 0.125. The molecule has 0 aliphatic carbocycles. The van der Waals surface area contributed by atoms with E-state index in [9.17, 15) is 0 Å². The van der Waals surface area contributed by atoms with E-state index in [-0.39, 0.29) is 0 Å². The van der Waals surface area contributed by atoms with Gasteiger partial charge in [-0.1, -0.05) is 0 Å². The number of nitrogen functional groups attached to an aromatic ring is 1. The van der Waals surface area contributed by atoms with Gasteiger partial charge in [0.15, 0.2) is 0 Å². The zero-order chi connectivity index (χ0) is 14.7. The molecule has 2 heterocycles. The quantitative estimate of drug-likeness (QED) is 0.719. The average molecular weight is 280 g/mol. The van der Waals surface area contributed by atoms with Gasteiger partial charge in [0.1, 0.15) is 5.82 Å². The van der Waals surface area contributed by atoms with Gasteiger partial charge < -0.3 is 15.8 Å². The summed E-state index contributed by atoms with van der Waals surface area (Å²) in [5.74, 6) is 1.43. The fourth-order valence-electron chi connectivity index (χ4n) is 2.11. The van der Waals surface area contributed by atoms with Crippen molar-refractivity contribution in [2.45, 2.75) is 6.54 Å². The van der Waals surface area contributed by atoms with E-state index >= 15 is 0 Å². The van der Waals surface area contributed by atoms with E-state index in [0.29, 0.717) is 12.4 Å². The van der Waals surface area contributed by atoms with Crippen LogP contribution in [-0.4, -0.2) is 17.1 Å². The Morgan fingerprint density at radius 1 is 1.14 bits per heavy atom. The molecule has 0 fully saturated rings. The van der Waals surface area contributed by atoms with Gasteiger partial charge in [-0.15, -0.1) is 0 Å². The smallest absolute Gasteiger partial charge is 0.213 e. The predicted octanol–water partition coefficient (Wildman–Crippen LogP) is 2.83. The monoisotopic (exact) mass is 280 g/mol. The van der Waals surface area contributed by atoms with Crippen LogP contribution in [0.1, 0.15) is 5.56 Å². The maximum atomic E-state index is 5.76. The van der Waals surface area contributed by atoms with Gasteiger partial charge in [-0.2, -0.15) is 0 Å². The molecule has 0 saturated carbocycles. The molecular weight excluding hydrogens is 264 g/mol. The highest BCUT2D eigenvalue weighted by Gasteiger charge is 2.01. The Kier molecular flexibility index (Phi) is 3.55. The van der Waals surface area contributed by atoms with Gasteiger partial charge in [0.25, 0.3) is 0 Å². The Morgan fingerprint density at radius 3 is 2.90 bits per heavy atom. The molecule has 0 spiro atoms. The largest absolute Gasteiger partial charge is 0.481 e. The van der Waals surface area contributed by atoms with E-state index in [1.165, 1.54) is 0 Å². The third-order valence-corrected chi connectivity index (χ3v) is 3.20. The number of methoxy groups -OCH3 is 1. The number of fused-ring (bicyclic) bond motifs is 1. The summed E-state index contributed by atoms with van der Waals surface area (Å²) >= 11 is 0. The number of nitrogens with zero attached hydrogens (tertiary/aromatic N) is 2. The molecule has 5 heteroatoms. The first-order chi connectivity index (χ1) is 10.2. The van der Waals surface area contributed by atoms with Crippen LogP contribution >= 0.6 is 0 Å². The van der Waals surface area contributed by atoms with E-state index < -0.39 is 0 Å². The van der Waals surface area contributed by atoms with Crippen LogP contribution < -0.4 is 15.8 Å². The minimum absolute atomic E-state index is 0.608. The molecule has 5 nitrogen and oxygen atoms in total. The number of hydrogen-bond acceptors (Lipinski definition) is 5. The lowest BCUT2D eigenvalue weighted by Crippen LogP contribution is -2.02. The van der Waals surface area contributed by atoms with Crippen molar-refractivity contribution in [3.05, 3.63) is 54.2 Å². The first-order valence-electron chi connectivity index (χ1n) is 6.64. The summed E-state index contributed by atoms with van der Waals surface area (Å²) in [6.07, 6.45) is 1.73. The lowest BCUT2D eigenvalue weighted by Gasteiger charge is -2.08. The molecule has 106 valence electrons. The highest BCUT2D eigenvalue weighted by atomic mass is 16.5. The summed E-state index contributed by atoms with van der Waals surface area (Å²) in [4.78, 5) is 8.65. The number of aromatic nitrogens is 2. The molecule has 1 aromatic carbocycles. The summed E-state index contributed by atoms with van der Waals surface area (Å²) < 4.78 is 5.11. The number of ether oxygens (including phenoxy) is 1. The number of anilines is 2. The Bertz CT molecular complexity index is 773. The highest BCUT2D eigenvalue weighted by Crippen LogP contribution is 2.18. The maximum absolute atomic E-state index is 5.76. The van der Waals surface area contributed by atoms with E-state index in [1.54, 1.807) is 13.3 Å². The Balaban J connectivity index is 1.77. The second kappa shape index (κ2) is 5.66. The van der Waals surface area contributed by atoms with E-state index in [4.69, 9.17) is 10.5 Å². The van der Waals surface area contributed by atoms with Gasteiger partial charge in [0.05, 0.1) is 12.6 Å². The Labute approximate surface area is 122 Å². The van der Waals surface area contributed by atoms with Gasteiger partial charge in [-0.3, -0.25) is 0 Å². The van der Waals surface area contributed by atoms with Crippen molar-refractivity contribution < 1.29 is 4.74 Å². The van der Waals surface area contributed by atoms with Crippen LogP contribution in [0.4, 0.5) is 11.5 Å². The van der Waals surface area contributed by atoms with Crippen LogP contribution in [0.2, 0.25) is 0 Å². The maximum Gasteiger partial charge on any atom is 0.213 e. The summed E-state index contributed by atoms with van der Waals surface area (Å²) in [5.41, 5.74) is 8.51. The van der Waals surface area contributed by atoms with Crippen LogP contribution in [-0.2, 0) is 6.54 Å². The lowest BCUT2D eigenvalue weighted by molar-refractivity contribution is 0.397. The van der Waals surface area contributed by atoms with Crippen LogP contribution in [0, 0.1) is 0 Å². The van der Waals surface area contributed by atoms with Gasteiger partial charge in [0, 0.05) is 29.9 Å². The number of nitrogens with two attached hydrogens (primary N) is 1. The number of benzene rings is 1. The van der Waals surface area contributed by atoms with Crippen LogP contribution in [0.5, 0.6) is 5.88 Å². The van der Waals surface area contributed by atoms with Gasteiger partial charge in [-0.25, -0.2) is 9.97 Å². The van der Waals surface area contributed by atoms with Gasteiger partial charge in [-0.05, 0) is 42.0 Å². The average Bonchev–Trinajstić information content (AvgIpc) is 2.53. The summed E-state index contributed by atoms with van der Waals surface area (Å²) in [5, 5.41) is 4.33. The number of pyridine rings is 2. The van der Waals surface area contributed by atoms with Crippen molar-refractivity contribution in [2.75, 3.05) is 18.2 Å². The summed E-state index contributed by atoms with van der Waals surface area (Å²) in [7, 11) is 1.61. The number of hydrogen-bond donors (Lipinski definition) is 2. The van der Waals surface area contributed by atoms with Crippen molar-refractivity contribution in [1.82, 2.24) is 9.97 Å². The van der Waals surface area contributed by atoms with Gasteiger partial charge >= 0.3 is 0 Å². The first-order valence-corrected chi connectivity index (χ1v) is 6.64. The van der Waals surface area contributed by atoms with Crippen LogP contribution in [0.3, 0.4) is 0 Å². The second-order valence-corrected chi connectivity index (χ2v) is 4.71. The van der Waals surface area contributed by atoms with Crippen LogP contribution in [0.15, 0.2) is 48.7 Å². The fourth-order valence-corrected chi connectivity index (χ4v) is 2.11. The standard InChI is InChI=1S/C16H16N4O/c1-21-16-8-11(6-7-18-16)10-19-15-5-2-12-9-13(17)3-4-14(12)20-15/h2-9H,10,17H2,1H3,(H,19,20). The third kappa shape index (κ3) is 3.02. The Morgan fingerprint density at radius 2 is 2.05 bits per heavy atom. The van der Waals surface area contributed by atoms with Crippen molar-refractivity contribution in [3.63, 3.8) is 0 Å². The molecule has 0 amide bonds. The minimum Gasteiger partial charge on any atom is -0.481 e. The van der Waals surface area contributed by atoms with Crippen molar-refractivity contribution in [2.24, 2.45) is 0 Å². The molecule has 0 bridgehead atoms. The second-order valence-electron chi connectivity index (χ2n) is 4.71. The van der Waals surface area contributed by atoms with Crippen molar-refractivity contribution in [3.8, 4) is 5.88 Å². The molecule has 0 atom stereocenters. The lowest BCUT2D eigenvalue weighted by atomic mass is 10.2. The molecule has 3 rings (SSSR count). The molecule has 3 N–H and O–H groups in total. The zero-order valence-electron chi connectivity index (χ0n) is 11.7. The number of nitrogens with one attached hydrogen (secondary N) is 1. The Hall–Kier alpha value is -2.82. The highest BCUT2D eigenvalue weighted by molar-refractivity contribution is 5.83. The summed E-state index contributed by atoms with van der Waals surface area (Å²) in [6.45, 7) is 0.659. The molecule has 0 radical (unpaired) electrons. The molecular formula is C16H16N4O. The SMILES string of the molecule is COc1cc(CNc2ccc3cc(N)ccc3n2)ccn1.